The highest BCUT2D eigenvalue weighted by Gasteiger charge is 2.31. The van der Waals surface area contributed by atoms with Crippen LogP contribution in [-0.4, -0.2) is 100 Å². The molecule has 15 nitrogen and oxygen atoms in total. The van der Waals surface area contributed by atoms with Gasteiger partial charge in [0, 0.05) is 56.1 Å². The highest BCUT2D eigenvalue weighted by atomic mass is 16.4. The molecular formula is C20H26N4O11. The maximum Gasteiger partial charge on any atom is 0.328 e. The van der Waals surface area contributed by atoms with Gasteiger partial charge in [0.25, 0.3) is 5.56 Å². The lowest BCUT2D eigenvalue weighted by Gasteiger charge is -2.13. The van der Waals surface area contributed by atoms with Crippen LogP contribution in [0.3, 0.4) is 0 Å². The predicted molar refractivity (Wildman–Crippen MR) is 117 cm³/mol. The number of β-amino-alcohol motifs (C(OH)–C–C–N with tert-alkyl or cyclic N) is 1. The van der Waals surface area contributed by atoms with Gasteiger partial charge in [0.2, 0.25) is 0 Å². The molecule has 1 aliphatic heterocycles. The second-order valence-electron chi connectivity index (χ2n) is 7.27. The summed E-state index contributed by atoms with van der Waals surface area (Å²) in [6, 6.07) is 0. The second-order valence-corrected chi connectivity index (χ2v) is 7.27. The molecule has 1 aliphatic rings. The molecule has 2 atom stereocenters. The number of hydrogen-bond donors (Lipinski definition) is 8. The van der Waals surface area contributed by atoms with E-state index >= 15 is 0 Å². The van der Waals surface area contributed by atoms with Gasteiger partial charge in [-0.2, -0.15) is 0 Å². The van der Waals surface area contributed by atoms with Crippen molar-refractivity contribution in [2.75, 3.05) is 19.7 Å². The van der Waals surface area contributed by atoms with Crippen LogP contribution in [0.25, 0.3) is 11.0 Å². The molecule has 35 heavy (non-hydrogen) atoms. The predicted octanol–water partition coefficient (Wildman–Crippen LogP) is -1.32. The summed E-state index contributed by atoms with van der Waals surface area (Å²) in [6.45, 7) is 1.77. The van der Waals surface area contributed by atoms with Crippen LogP contribution in [-0.2, 0) is 25.7 Å². The Kier molecular flexibility index (Phi) is 11.8. The molecule has 15 heteroatoms. The van der Waals surface area contributed by atoms with Crippen LogP contribution in [0.1, 0.15) is 18.4 Å². The molecule has 0 unspecified atom stereocenters. The molecule has 0 bridgehead atoms. The number of nitrogens with zero attached hydrogens (tertiary/aromatic N) is 2. The first-order valence-electron chi connectivity index (χ1n) is 10.1. The standard InChI is InChI=1S/C12H16N4O3.C4H6O4.C4H4O4/c17-5-8-3-16(4-9(8)18)2-7-1-13-11-10(7)14-6-15-12(11)19;2*5-3(6)1-2-4(7)8/h1,6,8-9,13,17-18H,2-5H2,(H,14,15,19);1-2H2,(H,5,6)(H,7,8);1-2H,(H,5,6)(H,7,8)/b;;2-1+/t8-,9+;;/m1../s1. The van der Waals surface area contributed by atoms with Gasteiger partial charge in [0.1, 0.15) is 5.52 Å². The van der Waals surface area contributed by atoms with Crippen molar-refractivity contribution in [1.82, 2.24) is 19.9 Å². The average molecular weight is 498 g/mol. The molecule has 0 saturated carbocycles. The third kappa shape index (κ3) is 10.6. The van der Waals surface area contributed by atoms with Crippen molar-refractivity contribution in [2.24, 2.45) is 5.92 Å². The fourth-order valence-corrected chi connectivity index (χ4v) is 2.97. The van der Waals surface area contributed by atoms with E-state index in [1.807, 2.05) is 0 Å². The number of aromatic amines is 2. The van der Waals surface area contributed by atoms with Crippen molar-refractivity contribution < 1.29 is 49.8 Å². The number of aromatic nitrogens is 3. The van der Waals surface area contributed by atoms with Crippen molar-refractivity contribution in [2.45, 2.75) is 25.5 Å². The number of carbonyl (C=O) groups is 4. The molecule has 3 rings (SSSR count). The number of hydrogen-bond acceptors (Lipinski definition) is 9. The molecule has 192 valence electrons. The van der Waals surface area contributed by atoms with Crippen molar-refractivity contribution >= 4 is 34.9 Å². The minimum atomic E-state index is -1.26. The summed E-state index contributed by atoms with van der Waals surface area (Å²) in [5.41, 5.74) is 1.86. The van der Waals surface area contributed by atoms with Crippen molar-refractivity contribution in [3.8, 4) is 0 Å². The lowest BCUT2D eigenvalue weighted by Crippen LogP contribution is -2.21. The van der Waals surface area contributed by atoms with Crippen molar-refractivity contribution in [1.29, 1.82) is 0 Å². The molecule has 2 aromatic rings. The van der Waals surface area contributed by atoms with E-state index < -0.39 is 30.0 Å². The lowest BCUT2D eigenvalue weighted by atomic mass is 10.1. The van der Waals surface area contributed by atoms with E-state index in [1.165, 1.54) is 6.33 Å². The van der Waals surface area contributed by atoms with E-state index in [1.54, 1.807) is 6.20 Å². The number of aliphatic hydroxyl groups is 2. The number of aliphatic hydroxyl groups excluding tert-OH is 2. The second kappa shape index (κ2) is 14.2. The van der Waals surface area contributed by atoms with Gasteiger partial charge in [-0.3, -0.25) is 19.3 Å². The minimum absolute atomic E-state index is 0.0104. The Balaban J connectivity index is 0.000000320. The Morgan fingerprint density at radius 2 is 1.57 bits per heavy atom. The topological polar surface area (TPSA) is 254 Å². The van der Waals surface area contributed by atoms with E-state index in [0.717, 1.165) is 5.56 Å². The Bertz CT molecular complexity index is 1080. The zero-order valence-electron chi connectivity index (χ0n) is 18.3. The maximum absolute atomic E-state index is 11.6. The van der Waals surface area contributed by atoms with E-state index in [2.05, 4.69) is 19.9 Å². The molecule has 2 aromatic heterocycles. The Morgan fingerprint density at radius 3 is 2.03 bits per heavy atom. The highest BCUT2D eigenvalue weighted by molar-refractivity contribution is 5.89. The summed E-state index contributed by atoms with van der Waals surface area (Å²) in [7, 11) is 0. The van der Waals surface area contributed by atoms with Gasteiger partial charge in [-0.05, 0) is 0 Å². The summed E-state index contributed by atoms with van der Waals surface area (Å²) in [5, 5.41) is 50.3. The number of carboxylic acid groups (broad SMARTS) is 4. The first-order chi connectivity index (χ1) is 16.4. The molecule has 0 spiro atoms. The number of fused-ring (bicyclic) bond motifs is 1. The number of nitrogens with one attached hydrogen (secondary N) is 2. The fourth-order valence-electron chi connectivity index (χ4n) is 2.97. The summed E-state index contributed by atoms with van der Waals surface area (Å²) in [5.74, 6) is -4.76. The first kappa shape index (κ1) is 29.0. The van der Waals surface area contributed by atoms with E-state index in [0.29, 0.717) is 42.8 Å². The van der Waals surface area contributed by atoms with Crippen molar-refractivity contribution in [3.05, 3.63) is 40.6 Å². The largest absolute Gasteiger partial charge is 0.481 e. The van der Waals surface area contributed by atoms with Gasteiger partial charge >= 0.3 is 23.9 Å². The van der Waals surface area contributed by atoms with Crippen LogP contribution in [0.15, 0.2) is 29.5 Å². The maximum atomic E-state index is 11.6. The van der Waals surface area contributed by atoms with Gasteiger partial charge < -0.3 is 40.6 Å². The van der Waals surface area contributed by atoms with Crippen molar-refractivity contribution in [3.63, 3.8) is 0 Å². The number of aliphatic carboxylic acids is 4. The number of carboxylic acids is 4. The van der Waals surface area contributed by atoms with Crippen LogP contribution in [0.2, 0.25) is 0 Å². The van der Waals surface area contributed by atoms with Crippen LogP contribution in [0.5, 0.6) is 0 Å². The smallest absolute Gasteiger partial charge is 0.328 e. The van der Waals surface area contributed by atoms with Gasteiger partial charge in [-0.1, -0.05) is 0 Å². The van der Waals surface area contributed by atoms with Gasteiger partial charge in [0.15, 0.2) is 0 Å². The van der Waals surface area contributed by atoms with Crippen LogP contribution in [0, 0.1) is 5.92 Å². The molecule has 0 aromatic carbocycles. The summed E-state index contributed by atoms with van der Waals surface area (Å²) in [4.78, 5) is 61.6. The molecule has 1 fully saturated rings. The molecule has 3 heterocycles. The number of rotatable bonds is 8. The van der Waals surface area contributed by atoms with E-state index in [4.69, 9.17) is 25.5 Å². The Morgan fingerprint density at radius 1 is 1.00 bits per heavy atom. The molecule has 8 N–H and O–H groups in total. The van der Waals surface area contributed by atoms with Crippen LogP contribution in [0.4, 0.5) is 0 Å². The molecular weight excluding hydrogens is 472 g/mol. The zero-order chi connectivity index (χ0) is 26.5. The van der Waals surface area contributed by atoms with Gasteiger partial charge in [-0.15, -0.1) is 0 Å². The monoisotopic (exact) mass is 498 g/mol. The SMILES string of the molecule is O=C(O)/C=C/C(=O)O.O=C(O)CCC(=O)O.O=c1[nH]cnc2c(CN3C[C@H](CO)[C@@H](O)C3)c[nH]c12. The van der Waals surface area contributed by atoms with E-state index in [9.17, 15) is 29.1 Å². The van der Waals surface area contributed by atoms with Crippen LogP contribution >= 0.6 is 0 Å². The normalized spacial score (nSPS) is 17.3. The molecule has 0 aliphatic carbocycles. The van der Waals surface area contributed by atoms with Crippen LogP contribution < -0.4 is 5.56 Å². The number of H-pyrrole nitrogens is 2. The fraction of sp³-hybridized carbons (Fsp3) is 0.400. The minimum Gasteiger partial charge on any atom is -0.481 e. The summed E-state index contributed by atoms with van der Waals surface area (Å²) in [6.07, 6.45) is 3.18. The number of likely N-dealkylation sites (tertiary alicyclic amines) is 1. The quantitative estimate of drug-likeness (QED) is 0.197. The third-order valence-electron chi connectivity index (χ3n) is 4.58. The Hall–Kier alpha value is -4.08. The molecule has 0 radical (unpaired) electrons. The van der Waals surface area contributed by atoms with Gasteiger partial charge in [-0.25, -0.2) is 14.6 Å². The highest BCUT2D eigenvalue weighted by Crippen LogP contribution is 2.21. The summed E-state index contributed by atoms with van der Waals surface area (Å²) < 4.78 is 0. The van der Waals surface area contributed by atoms with Gasteiger partial charge in [0.05, 0.1) is 30.8 Å². The average Bonchev–Trinajstić information content (AvgIpc) is 3.35. The third-order valence-corrected chi connectivity index (χ3v) is 4.58. The van der Waals surface area contributed by atoms with E-state index in [-0.39, 0.29) is 30.9 Å². The summed E-state index contributed by atoms with van der Waals surface area (Å²) >= 11 is 0. The lowest BCUT2D eigenvalue weighted by molar-refractivity contribution is -0.143. The zero-order valence-corrected chi connectivity index (χ0v) is 18.3. The molecule has 1 saturated heterocycles. The molecule has 0 amide bonds. The Labute approximate surface area is 197 Å². The first-order valence-corrected chi connectivity index (χ1v) is 10.1.